The Labute approximate surface area is 119 Å². The molecule has 0 atom stereocenters. The Kier molecular flexibility index (Phi) is 3.72. The molecule has 2 aromatic rings. The molecule has 4 nitrogen and oxygen atoms in total. The van der Waals surface area contributed by atoms with Gasteiger partial charge < -0.3 is 9.72 Å². The van der Waals surface area contributed by atoms with E-state index in [4.69, 9.17) is 0 Å². The van der Waals surface area contributed by atoms with E-state index in [9.17, 15) is 4.79 Å². The third-order valence-corrected chi connectivity index (χ3v) is 4.09. The van der Waals surface area contributed by atoms with Crippen molar-refractivity contribution in [1.82, 2.24) is 14.7 Å². The molecule has 2 heterocycles. The minimum atomic E-state index is -0.0275. The zero-order valence-electron chi connectivity index (χ0n) is 11.9. The van der Waals surface area contributed by atoms with Crippen molar-refractivity contribution in [1.29, 1.82) is 0 Å². The highest BCUT2D eigenvalue weighted by Gasteiger charge is 2.20. The Hall–Kier alpha value is -1.84. The topological polar surface area (TPSA) is 46.4 Å². The predicted octanol–water partition coefficient (Wildman–Crippen LogP) is 2.96. The first-order valence-corrected chi connectivity index (χ1v) is 7.56. The fourth-order valence-electron chi connectivity index (χ4n) is 3.02. The van der Waals surface area contributed by atoms with Gasteiger partial charge in [-0.2, -0.15) is 0 Å². The molecule has 1 fully saturated rings. The quantitative estimate of drug-likeness (QED) is 0.933. The summed E-state index contributed by atoms with van der Waals surface area (Å²) in [6, 6.07) is 6.20. The van der Waals surface area contributed by atoms with Gasteiger partial charge in [-0.1, -0.05) is 32.3 Å². The summed E-state index contributed by atoms with van der Waals surface area (Å²) in [5.41, 5.74) is 1.46. The number of carbonyl (C=O) groups is 1. The summed E-state index contributed by atoms with van der Waals surface area (Å²) in [5, 5.41) is 3.15. The number of carbonyl (C=O) groups excluding carboxylic acids is 1. The summed E-state index contributed by atoms with van der Waals surface area (Å²) in [6.45, 7) is 2.06. The van der Waals surface area contributed by atoms with Crippen LogP contribution in [0, 0.1) is 0 Å². The van der Waals surface area contributed by atoms with Gasteiger partial charge in [0.2, 0.25) is 0 Å². The lowest BCUT2D eigenvalue weighted by Crippen LogP contribution is -2.36. The van der Waals surface area contributed by atoms with Gasteiger partial charge in [0.1, 0.15) is 5.82 Å². The molecule has 1 aliphatic rings. The molecule has 20 heavy (non-hydrogen) atoms. The van der Waals surface area contributed by atoms with Crippen LogP contribution in [0.1, 0.15) is 55.3 Å². The van der Waals surface area contributed by atoms with Crippen LogP contribution in [0.3, 0.4) is 0 Å². The van der Waals surface area contributed by atoms with E-state index in [1.54, 1.807) is 0 Å². The van der Waals surface area contributed by atoms with Crippen molar-refractivity contribution in [3.63, 3.8) is 0 Å². The Morgan fingerprint density at radius 3 is 2.90 bits per heavy atom. The van der Waals surface area contributed by atoms with Gasteiger partial charge in [0.15, 0.2) is 5.69 Å². The summed E-state index contributed by atoms with van der Waals surface area (Å²) in [4.78, 5) is 17.0. The molecule has 3 rings (SSSR count). The smallest absolute Gasteiger partial charge is 0.272 e. The van der Waals surface area contributed by atoms with Gasteiger partial charge in [-0.25, -0.2) is 4.98 Å². The molecular weight excluding hydrogens is 250 g/mol. The van der Waals surface area contributed by atoms with Crippen molar-refractivity contribution in [2.45, 2.75) is 51.5 Å². The van der Waals surface area contributed by atoms with Crippen molar-refractivity contribution in [3.05, 3.63) is 35.9 Å². The van der Waals surface area contributed by atoms with E-state index >= 15 is 0 Å². The first-order valence-electron chi connectivity index (χ1n) is 7.56. The number of hydrogen-bond donors (Lipinski definition) is 1. The number of fused-ring (bicyclic) bond motifs is 1. The molecule has 0 aliphatic heterocycles. The van der Waals surface area contributed by atoms with E-state index in [1.807, 2.05) is 28.8 Å². The maximum absolute atomic E-state index is 12.5. The lowest BCUT2D eigenvalue weighted by atomic mass is 9.95. The molecule has 4 heteroatoms. The van der Waals surface area contributed by atoms with E-state index in [2.05, 4.69) is 17.2 Å². The molecule has 0 aromatic carbocycles. The van der Waals surface area contributed by atoms with Gasteiger partial charge in [-0.15, -0.1) is 0 Å². The standard InChI is InChI=1S/C16H21N3O/c1-2-14-18-15(13-10-6-7-11-19(13)14)16(20)17-12-8-4-3-5-9-12/h6-7,10-12H,2-5,8-9H2,1H3,(H,17,20). The third-order valence-electron chi connectivity index (χ3n) is 4.09. The molecule has 1 N–H and O–H groups in total. The molecule has 0 unspecified atom stereocenters. The maximum atomic E-state index is 12.5. The Balaban J connectivity index is 1.87. The molecule has 0 spiro atoms. The molecule has 1 aliphatic carbocycles. The van der Waals surface area contributed by atoms with Crippen molar-refractivity contribution in [3.8, 4) is 0 Å². The average molecular weight is 271 g/mol. The van der Waals surface area contributed by atoms with E-state index in [0.717, 1.165) is 30.6 Å². The highest BCUT2D eigenvalue weighted by Crippen LogP contribution is 2.19. The molecule has 106 valence electrons. The van der Waals surface area contributed by atoms with Crippen molar-refractivity contribution in [2.75, 3.05) is 0 Å². The van der Waals surface area contributed by atoms with E-state index in [0.29, 0.717) is 11.7 Å². The summed E-state index contributed by atoms with van der Waals surface area (Å²) < 4.78 is 2.01. The number of amides is 1. The lowest BCUT2D eigenvalue weighted by molar-refractivity contribution is 0.0924. The largest absolute Gasteiger partial charge is 0.348 e. The van der Waals surface area contributed by atoms with Crippen LogP contribution < -0.4 is 5.32 Å². The first kappa shape index (κ1) is 13.2. The fourth-order valence-corrected chi connectivity index (χ4v) is 3.02. The summed E-state index contributed by atoms with van der Waals surface area (Å²) in [6.07, 6.45) is 8.71. The Morgan fingerprint density at radius 2 is 2.15 bits per heavy atom. The van der Waals surface area contributed by atoms with Gasteiger partial charge in [0.05, 0.1) is 5.52 Å². The van der Waals surface area contributed by atoms with E-state index < -0.39 is 0 Å². The zero-order chi connectivity index (χ0) is 13.9. The highest BCUT2D eigenvalue weighted by atomic mass is 16.2. The number of nitrogens with zero attached hydrogens (tertiary/aromatic N) is 2. The van der Waals surface area contributed by atoms with Crippen LogP contribution in [0.5, 0.6) is 0 Å². The van der Waals surface area contributed by atoms with Crippen LogP contribution in [0.4, 0.5) is 0 Å². The Bertz CT molecular complexity index is 611. The van der Waals surface area contributed by atoms with Gasteiger partial charge in [0.25, 0.3) is 5.91 Å². The minimum Gasteiger partial charge on any atom is -0.348 e. The predicted molar refractivity (Wildman–Crippen MR) is 78.9 cm³/mol. The lowest BCUT2D eigenvalue weighted by Gasteiger charge is -2.22. The summed E-state index contributed by atoms with van der Waals surface area (Å²) >= 11 is 0. The minimum absolute atomic E-state index is 0.0275. The van der Waals surface area contributed by atoms with Gasteiger partial charge in [-0.3, -0.25) is 4.79 Å². The summed E-state index contributed by atoms with van der Waals surface area (Å²) in [5.74, 6) is 0.912. The normalized spacial score (nSPS) is 16.4. The van der Waals surface area contributed by atoms with Crippen LogP contribution in [0.2, 0.25) is 0 Å². The molecular formula is C16H21N3O. The summed E-state index contributed by atoms with van der Waals surface area (Å²) in [7, 11) is 0. The maximum Gasteiger partial charge on any atom is 0.272 e. The van der Waals surface area contributed by atoms with Gasteiger partial charge >= 0.3 is 0 Å². The van der Waals surface area contributed by atoms with Crippen LogP contribution in [-0.2, 0) is 6.42 Å². The van der Waals surface area contributed by atoms with Crippen LogP contribution >= 0.6 is 0 Å². The second-order valence-corrected chi connectivity index (χ2v) is 5.49. The average Bonchev–Trinajstić information content (AvgIpc) is 2.87. The molecule has 1 saturated carbocycles. The van der Waals surface area contributed by atoms with Crippen molar-refractivity contribution >= 4 is 11.4 Å². The highest BCUT2D eigenvalue weighted by molar-refractivity contribution is 5.99. The molecule has 0 bridgehead atoms. The first-order chi connectivity index (χ1) is 9.79. The van der Waals surface area contributed by atoms with Crippen LogP contribution in [-0.4, -0.2) is 21.3 Å². The van der Waals surface area contributed by atoms with Crippen molar-refractivity contribution in [2.24, 2.45) is 0 Å². The van der Waals surface area contributed by atoms with Gasteiger partial charge in [-0.05, 0) is 25.0 Å². The second kappa shape index (κ2) is 5.65. The molecule has 0 saturated heterocycles. The number of aromatic nitrogens is 2. The number of hydrogen-bond acceptors (Lipinski definition) is 2. The zero-order valence-corrected chi connectivity index (χ0v) is 11.9. The van der Waals surface area contributed by atoms with Gasteiger partial charge in [0, 0.05) is 18.7 Å². The number of aryl methyl sites for hydroxylation is 1. The Morgan fingerprint density at radius 1 is 1.35 bits per heavy atom. The monoisotopic (exact) mass is 271 g/mol. The van der Waals surface area contributed by atoms with Crippen LogP contribution in [0.25, 0.3) is 5.52 Å². The van der Waals surface area contributed by atoms with Crippen molar-refractivity contribution < 1.29 is 4.79 Å². The van der Waals surface area contributed by atoms with E-state index in [-0.39, 0.29) is 5.91 Å². The third kappa shape index (κ3) is 2.42. The number of pyridine rings is 1. The van der Waals surface area contributed by atoms with Crippen LogP contribution in [0.15, 0.2) is 24.4 Å². The molecule has 2 aromatic heterocycles. The second-order valence-electron chi connectivity index (χ2n) is 5.49. The SMILES string of the molecule is CCc1nc(C(=O)NC2CCCCC2)c2ccccn12. The number of imidazole rings is 1. The molecule has 1 amide bonds. The number of nitrogens with one attached hydrogen (secondary N) is 1. The fraction of sp³-hybridized carbons (Fsp3) is 0.500. The van der Waals surface area contributed by atoms with E-state index in [1.165, 1.54) is 19.3 Å². The molecule has 0 radical (unpaired) electrons. The number of rotatable bonds is 3.